The van der Waals surface area contributed by atoms with E-state index in [0.29, 0.717) is 31.1 Å². The molecule has 1 saturated carbocycles. The van der Waals surface area contributed by atoms with E-state index < -0.39 is 0 Å². The Labute approximate surface area is 175 Å². The molecule has 6 nitrogen and oxygen atoms in total. The van der Waals surface area contributed by atoms with E-state index in [9.17, 15) is 9.59 Å². The molecule has 0 spiro atoms. The van der Waals surface area contributed by atoms with Crippen LogP contribution < -0.4 is 0 Å². The number of morpholine rings is 1. The molecular formula is C23H39N3O3. The van der Waals surface area contributed by atoms with Crippen molar-refractivity contribution in [3.05, 3.63) is 0 Å². The molecule has 3 saturated heterocycles. The van der Waals surface area contributed by atoms with Crippen LogP contribution in [0, 0.1) is 22.7 Å². The number of carbonyl (C=O) groups excluding carboxylic acids is 2. The summed E-state index contributed by atoms with van der Waals surface area (Å²) in [6.07, 6.45) is 4.09. The smallest absolute Gasteiger partial charge is 0.226 e. The Morgan fingerprint density at radius 3 is 1.76 bits per heavy atom. The molecule has 0 unspecified atom stereocenters. The predicted octanol–water partition coefficient (Wildman–Crippen LogP) is 2.23. The molecule has 4 aliphatic rings. The molecule has 0 atom stereocenters. The lowest BCUT2D eigenvalue weighted by Gasteiger charge is -2.42. The van der Waals surface area contributed by atoms with Gasteiger partial charge in [0.05, 0.1) is 13.2 Å². The predicted molar refractivity (Wildman–Crippen MR) is 112 cm³/mol. The van der Waals surface area contributed by atoms with Gasteiger partial charge in [-0.05, 0) is 49.6 Å². The molecule has 4 rings (SSSR count). The molecule has 0 aromatic carbocycles. The Morgan fingerprint density at radius 2 is 1.24 bits per heavy atom. The first kappa shape index (κ1) is 21.1. The van der Waals surface area contributed by atoms with Crippen LogP contribution in [0.2, 0.25) is 0 Å². The number of ether oxygens (including phenoxy) is 1. The monoisotopic (exact) mass is 405 g/mol. The van der Waals surface area contributed by atoms with Gasteiger partial charge in [0.2, 0.25) is 11.8 Å². The van der Waals surface area contributed by atoms with Crippen LogP contribution in [-0.2, 0) is 14.3 Å². The number of hydrogen-bond donors (Lipinski definition) is 0. The van der Waals surface area contributed by atoms with Gasteiger partial charge in [-0.3, -0.25) is 9.59 Å². The number of rotatable bonds is 3. The lowest BCUT2D eigenvalue weighted by molar-refractivity contribution is -0.142. The SMILES string of the molecule is CC1(C)C(C(=O)N2CCC(N3CCC(C(=O)N4CCOCC4)CC3)CC2)C1(C)C. The second kappa shape index (κ2) is 7.84. The van der Waals surface area contributed by atoms with Crippen molar-refractivity contribution in [1.29, 1.82) is 0 Å². The minimum atomic E-state index is 0.121. The van der Waals surface area contributed by atoms with Crippen molar-refractivity contribution in [2.24, 2.45) is 22.7 Å². The fourth-order valence-corrected chi connectivity index (χ4v) is 6.00. The van der Waals surface area contributed by atoms with Crippen LogP contribution in [0.5, 0.6) is 0 Å². The van der Waals surface area contributed by atoms with Crippen molar-refractivity contribution in [3.8, 4) is 0 Å². The minimum absolute atomic E-state index is 0.121. The van der Waals surface area contributed by atoms with Crippen molar-refractivity contribution in [3.63, 3.8) is 0 Å². The molecule has 1 aliphatic carbocycles. The quantitative estimate of drug-likeness (QED) is 0.723. The highest BCUT2D eigenvalue weighted by Crippen LogP contribution is 2.68. The van der Waals surface area contributed by atoms with E-state index in [1.54, 1.807) is 0 Å². The highest BCUT2D eigenvalue weighted by Gasteiger charge is 2.68. The van der Waals surface area contributed by atoms with Gasteiger partial charge >= 0.3 is 0 Å². The standard InChI is InChI=1S/C23H39N3O3/c1-22(2)19(23(22,3)4)21(28)25-11-7-18(8-12-25)24-9-5-17(6-10-24)20(27)26-13-15-29-16-14-26/h17-19H,5-16H2,1-4H3. The van der Waals surface area contributed by atoms with E-state index in [0.717, 1.165) is 65.0 Å². The molecule has 0 bridgehead atoms. The topological polar surface area (TPSA) is 53.1 Å². The number of nitrogens with zero attached hydrogens (tertiary/aromatic N) is 3. The Morgan fingerprint density at radius 1 is 0.724 bits per heavy atom. The van der Waals surface area contributed by atoms with Crippen molar-refractivity contribution in [1.82, 2.24) is 14.7 Å². The lowest BCUT2D eigenvalue weighted by Crippen LogP contribution is -2.51. The van der Waals surface area contributed by atoms with Crippen LogP contribution >= 0.6 is 0 Å². The summed E-state index contributed by atoms with van der Waals surface area (Å²) < 4.78 is 5.37. The Hall–Kier alpha value is -1.14. The zero-order chi connectivity index (χ0) is 20.8. The van der Waals surface area contributed by atoms with Crippen LogP contribution in [0.1, 0.15) is 53.4 Å². The average Bonchev–Trinajstić information content (AvgIpc) is 3.16. The van der Waals surface area contributed by atoms with E-state index in [2.05, 4.69) is 37.5 Å². The van der Waals surface area contributed by atoms with Crippen molar-refractivity contribution in [2.75, 3.05) is 52.5 Å². The fourth-order valence-electron chi connectivity index (χ4n) is 6.00. The maximum Gasteiger partial charge on any atom is 0.226 e. The van der Waals surface area contributed by atoms with Crippen molar-refractivity contribution < 1.29 is 14.3 Å². The fraction of sp³-hybridized carbons (Fsp3) is 0.913. The number of hydrogen-bond acceptors (Lipinski definition) is 4. The molecule has 0 N–H and O–H groups in total. The maximum atomic E-state index is 13.0. The third-order valence-electron chi connectivity index (χ3n) is 8.76. The summed E-state index contributed by atoms with van der Waals surface area (Å²) in [6, 6.07) is 0.568. The first-order chi connectivity index (χ1) is 13.7. The van der Waals surface area contributed by atoms with Crippen molar-refractivity contribution >= 4 is 11.8 Å². The first-order valence-corrected chi connectivity index (χ1v) is 11.6. The Kier molecular flexibility index (Phi) is 5.71. The summed E-state index contributed by atoms with van der Waals surface area (Å²) in [5.41, 5.74) is 0.242. The van der Waals surface area contributed by atoms with Crippen LogP contribution in [0.3, 0.4) is 0 Å². The van der Waals surface area contributed by atoms with Gasteiger partial charge < -0.3 is 19.4 Å². The molecule has 0 radical (unpaired) electrons. The van der Waals surface area contributed by atoms with E-state index >= 15 is 0 Å². The normalized spacial score (nSPS) is 29.1. The van der Waals surface area contributed by atoms with E-state index in [1.165, 1.54) is 0 Å². The van der Waals surface area contributed by atoms with Crippen LogP contribution in [0.15, 0.2) is 0 Å². The average molecular weight is 406 g/mol. The van der Waals surface area contributed by atoms with Gasteiger partial charge in [0.25, 0.3) is 0 Å². The van der Waals surface area contributed by atoms with E-state index in [1.807, 2.05) is 4.90 Å². The molecule has 3 aliphatic heterocycles. The number of amides is 2. The molecule has 2 amide bonds. The third kappa shape index (κ3) is 3.83. The molecule has 0 aromatic heterocycles. The second-order valence-corrected chi connectivity index (χ2v) is 10.7. The van der Waals surface area contributed by atoms with Gasteiger partial charge in [0, 0.05) is 44.1 Å². The van der Waals surface area contributed by atoms with E-state index in [-0.39, 0.29) is 22.7 Å². The maximum absolute atomic E-state index is 13.0. The highest BCUT2D eigenvalue weighted by molar-refractivity contribution is 5.84. The Balaban J connectivity index is 1.22. The van der Waals surface area contributed by atoms with Gasteiger partial charge in [-0.15, -0.1) is 0 Å². The van der Waals surface area contributed by atoms with Gasteiger partial charge in [-0.1, -0.05) is 27.7 Å². The molecule has 29 heavy (non-hydrogen) atoms. The summed E-state index contributed by atoms with van der Waals surface area (Å²) in [5.74, 6) is 1.06. The molecule has 0 aromatic rings. The van der Waals surface area contributed by atoms with Gasteiger partial charge in [0.15, 0.2) is 0 Å². The molecule has 164 valence electrons. The lowest BCUT2D eigenvalue weighted by atomic mass is 9.92. The third-order valence-corrected chi connectivity index (χ3v) is 8.76. The summed E-state index contributed by atoms with van der Waals surface area (Å²) in [4.78, 5) is 32.4. The summed E-state index contributed by atoms with van der Waals surface area (Å²) in [7, 11) is 0. The first-order valence-electron chi connectivity index (χ1n) is 11.6. The number of likely N-dealkylation sites (tertiary alicyclic amines) is 2. The van der Waals surface area contributed by atoms with Gasteiger partial charge in [-0.25, -0.2) is 0 Å². The summed E-state index contributed by atoms with van der Waals surface area (Å²) in [5, 5.41) is 0. The molecule has 6 heteroatoms. The number of piperidine rings is 2. The molecular weight excluding hydrogens is 366 g/mol. The summed E-state index contributed by atoms with van der Waals surface area (Å²) >= 11 is 0. The van der Waals surface area contributed by atoms with Crippen LogP contribution in [0.25, 0.3) is 0 Å². The second-order valence-electron chi connectivity index (χ2n) is 10.7. The zero-order valence-electron chi connectivity index (χ0n) is 18.8. The zero-order valence-corrected chi connectivity index (χ0v) is 18.8. The minimum Gasteiger partial charge on any atom is -0.378 e. The van der Waals surface area contributed by atoms with E-state index in [4.69, 9.17) is 4.74 Å². The van der Waals surface area contributed by atoms with Crippen molar-refractivity contribution in [2.45, 2.75) is 59.4 Å². The molecule has 3 heterocycles. The highest BCUT2D eigenvalue weighted by atomic mass is 16.5. The Bertz CT molecular complexity index is 611. The van der Waals surface area contributed by atoms with Gasteiger partial charge in [-0.2, -0.15) is 0 Å². The van der Waals surface area contributed by atoms with Crippen LogP contribution in [-0.4, -0.2) is 85.0 Å². The van der Waals surface area contributed by atoms with Gasteiger partial charge in [0.1, 0.15) is 0 Å². The molecule has 4 fully saturated rings. The largest absolute Gasteiger partial charge is 0.378 e. The summed E-state index contributed by atoms with van der Waals surface area (Å²) in [6.45, 7) is 15.6. The number of carbonyl (C=O) groups is 2. The van der Waals surface area contributed by atoms with Crippen LogP contribution in [0.4, 0.5) is 0 Å².